The van der Waals surface area contributed by atoms with Crippen molar-refractivity contribution in [3.8, 4) is 6.07 Å². The monoisotopic (exact) mass is 314 g/mol. The van der Waals surface area contributed by atoms with Crippen molar-refractivity contribution in [3.63, 3.8) is 0 Å². The number of nitrogen functional groups attached to an aromatic ring is 1. The number of rotatable bonds is 1. The second-order valence-corrected chi connectivity index (χ2v) is 5.01. The Kier molecular flexibility index (Phi) is 2.61. The summed E-state index contributed by atoms with van der Waals surface area (Å²) in [6.07, 6.45) is 0.385. The van der Waals surface area contributed by atoms with Crippen LogP contribution in [0.5, 0.6) is 0 Å². The minimum Gasteiger partial charge on any atom is -0.397 e. The summed E-state index contributed by atoms with van der Waals surface area (Å²) in [4.78, 5) is 0. The van der Waals surface area contributed by atoms with Gasteiger partial charge in [-0.3, -0.25) is 0 Å². The van der Waals surface area contributed by atoms with Gasteiger partial charge in [0.05, 0.1) is 22.9 Å². The maximum absolute atomic E-state index is 8.65. The average Bonchev–Trinajstić information content (AvgIpc) is 2.63. The Morgan fingerprint density at radius 3 is 3.07 bits per heavy atom. The molecule has 2 N–H and O–H groups in total. The Morgan fingerprint density at radius 1 is 1.57 bits per heavy atom. The predicted octanol–water partition coefficient (Wildman–Crippen LogP) is 3.15. The van der Waals surface area contributed by atoms with Gasteiger partial charge in [-0.05, 0) is 45.7 Å². The second kappa shape index (κ2) is 3.75. The van der Waals surface area contributed by atoms with Crippen LogP contribution in [0.2, 0.25) is 0 Å². The van der Waals surface area contributed by atoms with Crippen molar-refractivity contribution in [2.24, 2.45) is 0 Å². The van der Waals surface area contributed by atoms with E-state index in [0.29, 0.717) is 6.42 Å². The van der Waals surface area contributed by atoms with Gasteiger partial charge in [0.2, 0.25) is 0 Å². The molecule has 1 aromatic carbocycles. The summed E-state index contributed by atoms with van der Waals surface area (Å²) in [7, 11) is 0. The summed E-state index contributed by atoms with van der Waals surface area (Å²) in [6.45, 7) is 0. The quantitative estimate of drug-likeness (QED) is 0.649. The molecule has 2 aromatic rings. The third-order valence-electron chi connectivity index (χ3n) is 2.08. The molecule has 0 spiro atoms. The zero-order valence-electron chi connectivity index (χ0n) is 7.25. The highest BCUT2D eigenvalue weighted by Crippen LogP contribution is 2.33. The first-order valence-corrected chi connectivity index (χ1v) is 6.01. The van der Waals surface area contributed by atoms with Crippen molar-refractivity contribution in [2.75, 3.05) is 5.73 Å². The molecule has 0 saturated carbocycles. The van der Waals surface area contributed by atoms with Gasteiger partial charge < -0.3 is 5.73 Å². The lowest BCUT2D eigenvalue weighted by Crippen LogP contribution is -1.94. The largest absolute Gasteiger partial charge is 0.397 e. The third kappa shape index (κ3) is 1.47. The zero-order valence-corrected chi connectivity index (χ0v) is 10.2. The van der Waals surface area contributed by atoms with E-state index in [0.717, 1.165) is 16.0 Å². The molecule has 14 heavy (non-hydrogen) atoms. The summed E-state index contributed by atoms with van der Waals surface area (Å²) in [5.41, 5.74) is 7.67. The first-order valence-electron chi connectivity index (χ1n) is 4.05. The third-order valence-corrected chi connectivity index (χ3v) is 3.92. The molecule has 1 heterocycles. The molecule has 1 aromatic heterocycles. The summed E-state index contributed by atoms with van der Waals surface area (Å²) >= 11 is 3.91. The molecule has 0 aliphatic rings. The van der Waals surface area contributed by atoms with Gasteiger partial charge in [-0.15, -0.1) is 11.3 Å². The Morgan fingerprint density at radius 2 is 2.36 bits per heavy atom. The Balaban J connectivity index is 2.76. The van der Waals surface area contributed by atoms with Gasteiger partial charge in [-0.1, -0.05) is 0 Å². The van der Waals surface area contributed by atoms with Crippen LogP contribution < -0.4 is 5.73 Å². The van der Waals surface area contributed by atoms with Gasteiger partial charge in [-0.2, -0.15) is 5.26 Å². The summed E-state index contributed by atoms with van der Waals surface area (Å²) in [6, 6.07) is 6.19. The van der Waals surface area contributed by atoms with Gasteiger partial charge in [-0.25, -0.2) is 0 Å². The number of thiophene rings is 1. The molecular weight excluding hydrogens is 307 g/mol. The number of anilines is 1. The highest BCUT2D eigenvalue weighted by atomic mass is 127. The van der Waals surface area contributed by atoms with Gasteiger partial charge in [0, 0.05) is 8.96 Å². The number of halogens is 1. The molecule has 2 rings (SSSR count). The molecule has 0 bridgehead atoms. The maximum Gasteiger partial charge on any atom is 0.0670 e. The lowest BCUT2D eigenvalue weighted by molar-refractivity contribution is 1.27. The molecule has 4 heteroatoms. The van der Waals surface area contributed by atoms with Crippen molar-refractivity contribution < 1.29 is 0 Å². The van der Waals surface area contributed by atoms with Gasteiger partial charge >= 0.3 is 0 Å². The molecule has 70 valence electrons. The number of nitrogens with zero attached hydrogens (tertiary/aromatic N) is 1. The molecule has 0 radical (unpaired) electrons. The SMILES string of the molecule is N#CCc1cc(I)c2ccsc2c1N. The molecule has 0 aliphatic carbocycles. The van der Waals surface area contributed by atoms with E-state index >= 15 is 0 Å². The molecule has 2 nitrogen and oxygen atoms in total. The van der Waals surface area contributed by atoms with E-state index in [1.54, 1.807) is 11.3 Å². The Hall–Kier alpha value is -0.800. The van der Waals surface area contributed by atoms with E-state index in [-0.39, 0.29) is 0 Å². The topological polar surface area (TPSA) is 49.8 Å². The van der Waals surface area contributed by atoms with Crippen LogP contribution in [0.3, 0.4) is 0 Å². The second-order valence-electron chi connectivity index (χ2n) is 2.93. The molecule has 0 atom stereocenters. The average molecular weight is 314 g/mol. The lowest BCUT2D eigenvalue weighted by Gasteiger charge is -2.04. The van der Waals surface area contributed by atoms with Crippen molar-refractivity contribution in [3.05, 3.63) is 26.6 Å². The highest BCUT2D eigenvalue weighted by molar-refractivity contribution is 14.1. The smallest absolute Gasteiger partial charge is 0.0670 e. The standard InChI is InChI=1S/C10H7IN2S/c11-8-5-6(1-3-12)9(13)10-7(8)2-4-14-10/h2,4-5H,1,13H2. The van der Waals surface area contributed by atoms with Crippen LogP contribution in [-0.2, 0) is 6.42 Å². The van der Waals surface area contributed by atoms with E-state index in [4.69, 9.17) is 11.0 Å². The number of benzene rings is 1. The molecule has 0 aliphatic heterocycles. The van der Waals surface area contributed by atoms with E-state index in [1.807, 2.05) is 11.4 Å². The molecular formula is C10H7IN2S. The molecule has 0 amide bonds. The van der Waals surface area contributed by atoms with Crippen LogP contribution in [0.1, 0.15) is 5.56 Å². The van der Waals surface area contributed by atoms with Crippen LogP contribution in [0, 0.1) is 14.9 Å². The first kappa shape index (κ1) is 9.74. The number of fused-ring (bicyclic) bond motifs is 1. The zero-order chi connectivity index (χ0) is 10.1. The minimum atomic E-state index is 0.385. The Bertz CT molecular complexity index is 525. The van der Waals surface area contributed by atoms with Crippen molar-refractivity contribution >= 4 is 49.7 Å². The number of nitriles is 1. The van der Waals surface area contributed by atoms with Crippen molar-refractivity contribution in [2.45, 2.75) is 6.42 Å². The number of hydrogen-bond donors (Lipinski definition) is 1. The van der Waals surface area contributed by atoms with Gasteiger partial charge in [0.1, 0.15) is 0 Å². The van der Waals surface area contributed by atoms with Crippen LogP contribution in [0.15, 0.2) is 17.5 Å². The molecule has 0 saturated heterocycles. The van der Waals surface area contributed by atoms with Gasteiger partial charge in [0.25, 0.3) is 0 Å². The Labute approximate surface area is 99.5 Å². The minimum absolute atomic E-state index is 0.385. The highest BCUT2D eigenvalue weighted by Gasteiger charge is 2.08. The fourth-order valence-electron chi connectivity index (χ4n) is 1.39. The predicted molar refractivity (Wildman–Crippen MR) is 68.3 cm³/mol. The van der Waals surface area contributed by atoms with Crippen molar-refractivity contribution in [1.82, 2.24) is 0 Å². The number of nitrogens with two attached hydrogens (primary N) is 1. The first-order chi connectivity index (χ1) is 6.74. The fraction of sp³-hybridized carbons (Fsp3) is 0.100. The summed E-state index contributed by atoms with van der Waals surface area (Å²) in [5.74, 6) is 0. The van der Waals surface area contributed by atoms with E-state index < -0.39 is 0 Å². The van der Waals surface area contributed by atoms with Crippen LogP contribution in [-0.4, -0.2) is 0 Å². The van der Waals surface area contributed by atoms with Crippen LogP contribution in [0.4, 0.5) is 5.69 Å². The van der Waals surface area contributed by atoms with E-state index in [9.17, 15) is 0 Å². The summed E-state index contributed by atoms with van der Waals surface area (Å²) in [5, 5.41) is 11.9. The van der Waals surface area contributed by atoms with Crippen LogP contribution >= 0.6 is 33.9 Å². The van der Waals surface area contributed by atoms with Crippen molar-refractivity contribution in [1.29, 1.82) is 5.26 Å². The molecule has 0 unspecified atom stereocenters. The van der Waals surface area contributed by atoms with E-state index in [1.165, 1.54) is 8.96 Å². The normalized spacial score (nSPS) is 10.3. The molecule has 0 fully saturated rings. The van der Waals surface area contributed by atoms with Gasteiger partial charge in [0.15, 0.2) is 0 Å². The summed E-state index contributed by atoms with van der Waals surface area (Å²) < 4.78 is 2.26. The van der Waals surface area contributed by atoms with Crippen LogP contribution in [0.25, 0.3) is 10.1 Å². The fourth-order valence-corrected chi connectivity index (χ4v) is 3.30. The number of hydrogen-bond acceptors (Lipinski definition) is 3. The maximum atomic E-state index is 8.65. The lowest BCUT2D eigenvalue weighted by atomic mass is 10.1. The van der Waals surface area contributed by atoms with E-state index in [2.05, 4.69) is 34.7 Å².